The number of pyridine rings is 1. The van der Waals surface area contributed by atoms with Gasteiger partial charge in [-0.1, -0.05) is 13.8 Å². The van der Waals surface area contributed by atoms with Crippen LogP contribution in [0.15, 0.2) is 16.7 Å². The molecule has 3 nitrogen and oxygen atoms in total. The number of nitrogens with one attached hydrogen (secondary N) is 1. The van der Waals surface area contributed by atoms with Gasteiger partial charge in [0, 0.05) is 10.7 Å². The van der Waals surface area contributed by atoms with Crippen molar-refractivity contribution in [3.8, 4) is 0 Å². The highest BCUT2D eigenvalue weighted by Gasteiger charge is 2.01. The molecule has 0 saturated carbocycles. The van der Waals surface area contributed by atoms with Crippen molar-refractivity contribution in [1.82, 2.24) is 15.2 Å². The number of hydrogen-bond donors (Lipinski definition) is 1. The van der Waals surface area contributed by atoms with Gasteiger partial charge in [0.15, 0.2) is 0 Å². The molecule has 0 saturated heterocycles. The molecule has 0 radical (unpaired) electrons. The Balaban J connectivity index is 0.000000396. The molecule has 1 N–H and O–H groups in total. The third-order valence-corrected chi connectivity index (χ3v) is 1.97. The number of H-pyrrole nitrogens is 1. The lowest BCUT2D eigenvalue weighted by molar-refractivity contribution is 1.07. The summed E-state index contributed by atoms with van der Waals surface area (Å²) in [4.78, 5) is 4.20. The first kappa shape index (κ1) is 10.2. The molecule has 0 fully saturated rings. The summed E-state index contributed by atoms with van der Waals surface area (Å²) in [7, 11) is 0. The molecule has 2 aromatic rings. The molecule has 4 heteroatoms. The predicted octanol–water partition coefficient (Wildman–Crippen LogP) is 3.06. The summed E-state index contributed by atoms with van der Waals surface area (Å²) in [5.74, 6) is 0. The smallest absolute Gasteiger partial charge is 0.112 e. The van der Waals surface area contributed by atoms with Gasteiger partial charge in [-0.15, -0.1) is 0 Å². The van der Waals surface area contributed by atoms with Crippen LogP contribution < -0.4 is 0 Å². The van der Waals surface area contributed by atoms with Crippen LogP contribution in [0.25, 0.3) is 11.0 Å². The van der Waals surface area contributed by atoms with Gasteiger partial charge in [-0.2, -0.15) is 5.10 Å². The Bertz CT molecular complexity index is 395. The Labute approximate surface area is 85.7 Å². The third kappa shape index (κ3) is 2.06. The van der Waals surface area contributed by atoms with Crippen LogP contribution in [0, 0.1) is 6.92 Å². The Morgan fingerprint density at radius 2 is 2.08 bits per heavy atom. The van der Waals surface area contributed by atoms with E-state index in [0.29, 0.717) is 0 Å². The van der Waals surface area contributed by atoms with E-state index >= 15 is 0 Å². The molecular weight excluding hydrogens is 230 g/mol. The molecule has 2 aromatic heterocycles. The first-order valence-electron chi connectivity index (χ1n) is 4.23. The standard InChI is InChI=1S/C7H6BrN3.C2H6/c1-4-7-6(11-10-4)2-5(8)3-9-7;1-2/h2-3H,1H3,(H,10,11);1-2H3. The number of nitrogens with zero attached hydrogens (tertiary/aromatic N) is 2. The molecule has 13 heavy (non-hydrogen) atoms. The maximum atomic E-state index is 4.20. The van der Waals surface area contributed by atoms with Crippen LogP contribution >= 0.6 is 15.9 Å². The van der Waals surface area contributed by atoms with Crippen LogP contribution in [0.3, 0.4) is 0 Å². The SMILES string of the molecule is CC.Cc1[nH]nc2cc(Br)cnc12. The average Bonchev–Trinajstić information content (AvgIpc) is 2.51. The van der Waals surface area contributed by atoms with Gasteiger partial charge in [0.2, 0.25) is 0 Å². The van der Waals surface area contributed by atoms with E-state index in [1.165, 1.54) is 0 Å². The van der Waals surface area contributed by atoms with Gasteiger partial charge < -0.3 is 0 Å². The van der Waals surface area contributed by atoms with Gasteiger partial charge in [0.05, 0.1) is 5.69 Å². The topological polar surface area (TPSA) is 41.6 Å². The van der Waals surface area contributed by atoms with Crippen LogP contribution in [0.4, 0.5) is 0 Å². The third-order valence-electron chi connectivity index (χ3n) is 1.53. The lowest BCUT2D eigenvalue weighted by atomic mass is 10.3. The van der Waals surface area contributed by atoms with Gasteiger partial charge >= 0.3 is 0 Å². The number of fused-ring (bicyclic) bond motifs is 1. The number of hydrogen-bond acceptors (Lipinski definition) is 2. The monoisotopic (exact) mass is 241 g/mol. The quantitative estimate of drug-likeness (QED) is 0.771. The van der Waals surface area contributed by atoms with Crippen molar-refractivity contribution in [2.24, 2.45) is 0 Å². The summed E-state index contributed by atoms with van der Waals surface area (Å²) < 4.78 is 0.955. The van der Waals surface area contributed by atoms with Crippen LogP contribution in [0.5, 0.6) is 0 Å². The normalized spacial score (nSPS) is 9.54. The highest BCUT2D eigenvalue weighted by atomic mass is 79.9. The molecule has 0 aliphatic carbocycles. The van der Waals surface area contributed by atoms with Gasteiger partial charge in [-0.3, -0.25) is 10.1 Å². The predicted molar refractivity (Wildman–Crippen MR) is 57.7 cm³/mol. The summed E-state index contributed by atoms with van der Waals surface area (Å²) >= 11 is 3.33. The fraction of sp³-hybridized carbons (Fsp3) is 0.333. The van der Waals surface area contributed by atoms with E-state index in [2.05, 4.69) is 31.1 Å². The first-order chi connectivity index (χ1) is 6.27. The second kappa shape index (κ2) is 4.37. The zero-order valence-corrected chi connectivity index (χ0v) is 9.51. The number of aromatic amines is 1. The Morgan fingerprint density at radius 1 is 1.38 bits per heavy atom. The van der Waals surface area contributed by atoms with Gasteiger partial charge in [-0.25, -0.2) is 0 Å². The largest absolute Gasteiger partial charge is 0.280 e. The van der Waals surface area contributed by atoms with Crippen LogP contribution in [-0.4, -0.2) is 15.2 Å². The number of halogens is 1. The highest BCUT2D eigenvalue weighted by Crippen LogP contribution is 2.16. The van der Waals surface area contributed by atoms with Gasteiger partial charge in [0.1, 0.15) is 11.0 Å². The van der Waals surface area contributed by atoms with Gasteiger partial charge in [0.25, 0.3) is 0 Å². The van der Waals surface area contributed by atoms with Crippen molar-refractivity contribution >= 4 is 27.0 Å². The molecule has 0 aliphatic rings. The van der Waals surface area contributed by atoms with Crippen molar-refractivity contribution < 1.29 is 0 Å². The number of aromatic nitrogens is 3. The molecule has 2 heterocycles. The Morgan fingerprint density at radius 3 is 2.77 bits per heavy atom. The summed E-state index contributed by atoms with van der Waals surface area (Å²) in [5, 5.41) is 6.93. The Kier molecular flexibility index (Phi) is 3.42. The van der Waals surface area contributed by atoms with Crippen molar-refractivity contribution in [3.05, 3.63) is 22.4 Å². The molecule has 0 bridgehead atoms. The zero-order valence-electron chi connectivity index (χ0n) is 7.93. The van der Waals surface area contributed by atoms with Crippen molar-refractivity contribution in [3.63, 3.8) is 0 Å². The maximum absolute atomic E-state index is 4.20. The molecule has 2 rings (SSSR count). The molecule has 0 spiro atoms. The highest BCUT2D eigenvalue weighted by molar-refractivity contribution is 9.10. The van der Waals surface area contributed by atoms with E-state index in [0.717, 1.165) is 21.2 Å². The van der Waals surface area contributed by atoms with E-state index in [4.69, 9.17) is 0 Å². The summed E-state index contributed by atoms with van der Waals surface area (Å²) in [5.41, 5.74) is 2.84. The molecule has 0 aliphatic heterocycles. The molecule has 0 amide bonds. The lowest BCUT2D eigenvalue weighted by Gasteiger charge is -1.88. The van der Waals surface area contributed by atoms with Crippen molar-refractivity contribution in [2.75, 3.05) is 0 Å². The first-order valence-corrected chi connectivity index (χ1v) is 5.03. The minimum atomic E-state index is 0.900. The maximum Gasteiger partial charge on any atom is 0.112 e. The second-order valence-electron chi connectivity index (χ2n) is 2.37. The minimum absolute atomic E-state index is 0.900. The van der Waals surface area contributed by atoms with E-state index in [-0.39, 0.29) is 0 Å². The molecule has 0 atom stereocenters. The summed E-state index contributed by atoms with van der Waals surface area (Å²) in [6.07, 6.45) is 1.77. The van der Waals surface area contributed by atoms with E-state index in [9.17, 15) is 0 Å². The zero-order chi connectivity index (χ0) is 9.84. The van der Waals surface area contributed by atoms with Crippen molar-refractivity contribution in [1.29, 1.82) is 0 Å². The van der Waals surface area contributed by atoms with Crippen LogP contribution in [0.2, 0.25) is 0 Å². The minimum Gasteiger partial charge on any atom is -0.280 e. The molecular formula is C9H12BrN3. The van der Waals surface area contributed by atoms with Crippen LogP contribution in [0.1, 0.15) is 19.5 Å². The summed E-state index contributed by atoms with van der Waals surface area (Å²) in [6.45, 7) is 5.95. The summed E-state index contributed by atoms with van der Waals surface area (Å²) in [6, 6.07) is 1.94. The second-order valence-corrected chi connectivity index (χ2v) is 3.29. The fourth-order valence-electron chi connectivity index (χ4n) is 1.000. The average molecular weight is 242 g/mol. The van der Waals surface area contributed by atoms with Crippen molar-refractivity contribution in [2.45, 2.75) is 20.8 Å². The molecule has 0 unspecified atom stereocenters. The Hall–Kier alpha value is -0.900. The number of aryl methyl sites for hydroxylation is 1. The van der Waals surface area contributed by atoms with Crippen LogP contribution in [-0.2, 0) is 0 Å². The van der Waals surface area contributed by atoms with Gasteiger partial charge in [-0.05, 0) is 28.9 Å². The van der Waals surface area contributed by atoms with E-state index in [1.54, 1.807) is 6.20 Å². The molecule has 0 aromatic carbocycles. The number of rotatable bonds is 0. The lowest BCUT2D eigenvalue weighted by Crippen LogP contribution is -1.75. The molecule has 70 valence electrons. The van der Waals surface area contributed by atoms with E-state index in [1.807, 2.05) is 26.8 Å². The van der Waals surface area contributed by atoms with E-state index < -0.39 is 0 Å². The fourth-order valence-corrected chi connectivity index (χ4v) is 1.32.